The summed E-state index contributed by atoms with van der Waals surface area (Å²) < 4.78 is 21.3. The highest BCUT2D eigenvalue weighted by Crippen LogP contribution is 2.42. The molecule has 1 saturated heterocycles. The number of hydrogen-bond donors (Lipinski definition) is 6. The fraction of sp³-hybridized carbons (Fsp3) is 0.439. The Morgan fingerprint density at radius 2 is 1.53 bits per heavy atom. The molecule has 0 aliphatic carbocycles. The first kappa shape index (κ1) is 58.6. The largest absolute Gasteiger partial charge is 0.388 e. The van der Waals surface area contributed by atoms with Crippen molar-refractivity contribution in [2.45, 2.75) is 70.3 Å². The average Bonchev–Trinajstić information content (AvgIpc) is 3.55. The Morgan fingerprint density at radius 1 is 0.840 bits per heavy atom. The number of halogens is 2. The van der Waals surface area contributed by atoms with Crippen LogP contribution in [0.4, 0.5) is 0 Å². The van der Waals surface area contributed by atoms with Crippen LogP contribution in [0.15, 0.2) is 84.0 Å². The van der Waals surface area contributed by atoms with Crippen molar-refractivity contribution in [2.24, 2.45) is 7.05 Å². The van der Waals surface area contributed by atoms with Gasteiger partial charge in [-0.15, -0.1) is 0 Å². The summed E-state index contributed by atoms with van der Waals surface area (Å²) in [5.74, 6) is -0.628. The summed E-state index contributed by atoms with van der Waals surface area (Å²) in [6, 6.07) is 21.2. The first-order chi connectivity index (χ1) is 39.2. The van der Waals surface area contributed by atoms with E-state index >= 15 is 0 Å². The smallest absolute Gasteiger partial charge is 0.281 e. The highest BCUT2D eigenvalue weighted by molar-refractivity contribution is 6.45. The molecule has 0 unspecified atom stereocenters. The Morgan fingerprint density at radius 3 is 2.23 bits per heavy atom. The zero-order valence-corrected chi connectivity index (χ0v) is 46.9. The number of benzene rings is 3. The summed E-state index contributed by atoms with van der Waals surface area (Å²) in [6.45, 7) is 6.26. The molecule has 4 amide bonds. The normalized spacial score (nSPS) is 14.6. The lowest BCUT2D eigenvalue weighted by Crippen LogP contribution is -2.49. The molecule has 2 aliphatic rings. The predicted molar refractivity (Wildman–Crippen MR) is 304 cm³/mol. The third-order valence-electron chi connectivity index (χ3n) is 14.7. The number of nitrogens with zero attached hydrogens (tertiary/aromatic N) is 8. The molecule has 22 nitrogen and oxygen atoms in total. The lowest BCUT2D eigenvalue weighted by molar-refractivity contribution is -0.136. The van der Waals surface area contributed by atoms with E-state index in [0.29, 0.717) is 143 Å². The number of H-pyrrole nitrogens is 1. The number of carbonyl (C=O) groups excluding carboxylic acids is 4. The molecule has 1 atom stereocenters. The van der Waals surface area contributed by atoms with Gasteiger partial charge in [0.15, 0.2) is 5.52 Å². The van der Waals surface area contributed by atoms with E-state index in [1.165, 1.54) is 15.6 Å². The van der Waals surface area contributed by atoms with Crippen LogP contribution in [-0.2, 0) is 73.0 Å². The third-order valence-corrected chi connectivity index (χ3v) is 15.5. The van der Waals surface area contributed by atoms with E-state index < -0.39 is 12.2 Å². The topological polar surface area (TPSA) is 265 Å². The summed E-state index contributed by atoms with van der Waals surface area (Å²) >= 11 is 13.1. The molecule has 9 rings (SSSR count). The SMILES string of the molecule is C[C@H](CC(=O)N1CCC(O)(Cn2cnc3c(-c4ccc(CNCC(=O)NCCOCCOCCOCCNC(=O)Cn5ccc(-c6cc(Cl)c(Cl)c7[nH]c8c(c67)CN(C(=O)CO)CC8)n5)cc4)n(C)nc3c2=O)CC1)c1ccccc1. The van der Waals surface area contributed by atoms with Gasteiger partial charge in [-0.1, -0.05) is 84.7 Å². The average molecular weight is 1150 g/mol. The fourth-order valence-electron chi connectivity index (χ4n) is 10.3. The van der Waals surface area contributed by atoms with E-state index in [1.54, 1.807) is 39.9 Å². The van der Waals surface area contributed by atoms with Crippen LogP contribution in [-0.4, -0.2) is 169 Å². The molecular weight excluding hydrogens is 1080 g/mol. The number of aromatic nitrogens is 7. The Bertz CT molecular complexity index is 3390. The number of piperidine rings is 1. The predicted octanol–water partition coefficient (Wildman–Crippen LogP) is 3.94. The second kappa shape index (κ2) is 27.2. The highest BCUT2D eigenvalue weighted by Gasteiger charge is 2.36. The molecule has 6 N–H and O–H groups in total. The number of aromatic amines is 1. The first-order valence-corrected chi connectivity index (χ1v) is 27.9. The van der Waals surface area contributed by atoms with Gasteiger partial charge < -0.3 is 55.2 Å². The Hall–Kier alpha value is -7.02. The number of aryl methyl sites for hydroxylation is 1. The summed E-state index contributed by atoms with van der Waals surface area (Å²) in [7, 11) is 1.76. The van der Waals surface area contributed by atoms with E-state index in [-0.39, 0.29) is 66.9 Å². The molecule has 0 saturated carbocycles. The molecule has 3 aromatic carbocycles. The van der Waals surface area contributed by atoms with Crippen molar-refractivity contribution in [3.63, 3.8) is 0 Å². The maximum absolute atomic E-state index is 13.7. The van der Waals surface area contributed by atoms with E-state index in [4.69, 9.17) is 37.4 Å². The molecular formula is C57H68Cl2N12O10. The van der Waals surface area contributed by atoms with Crippen molar-refractivity contribution in [2.75, 3.05) is 85.5 Å². The number of likely N-dealkylation sites (tertiary alicyclic amines) is 1. The van der Waals surface area contributed by atoms with Crippen molar-refractivity contribution in [3.8, 4) is 22.5 Å². The van der Waals surface area contributed by atoms with Gasteiger partial charge in [-0.05, 0) is 42.0 Å². The zero-order chi connectivity index (χ0) is 57.0. The van der Waals surface area contributed by atoms with Crippen molar-refractivity contribution >= 4 is 68.8 Å². The molecule has 81 heavy (non-hydrogen) atoms. The molecule has 0 radical (unpaired) electrons. The van der Waals surface area contributed by atoms with E-state index in [1.807, 2.05) is 61.5 Å². The monoisotopic (exact) mass is 1150 g/mol. The second-order valence-electron chi connectivity index (χ2n) is 20.5. The molecule has 0 spiro atoms. The molecule has 0 bridgehead atoms. The lowest BCUT2D eigenvalue weighted by atomic mass is 9.90. The van der Waals surface area contributed by atoms with Crippen molar-refractivity contribution in [1.82, 2.24) is 59.8 Å². The summed E-state index contributed by atoms with van der Waals surface area (Å²) in [6.07, 6.45) is 4.81. The molecule has 24 heteroatoms. The number of aliphatic hydroxyl groups excluding tert-OH is 1. The van der Waals surface area contributed by atoms with E-state index in [9.17, 15) is 34.2 Å². The van der Waals surface area contributed by atoms with Gasteiger partial charge in [-0.25, -0.2) is 4.98 Å². The maximum Gasteiger partial charge on any atom is 0.281 e. The number of aliphatic hydroxyl groups is 2. The minimum absolute atomic E-state index is 0.0199. The van der Waals surface area contributed by atoms with Crippen LogP contribution in [0, 0.1) is 0 Å². The van der Waals surface area contributed by atoms with Crippen molar-refractivity contribution in [1.29, 1.82) is 0 Å². The fourth-order valence-corrected chi connectivity index (χ4v) is 10.7. The number of fused-ring (bicyclic) bond motifs is 4. The van der Waals surface area contributed by atoms with Gasteiger partial charge in [0.05, 0.1) is 91.6 Å². The van der Waals surface area contributed by atoms with Gasteiger partial charge in [0, 0.05) is 99.7 Å². The molecule has 7 aromatic rings. The van der Waals surface area contributed by atoms with Gasteiger partial charge in [-0.3, -0.25) is 37.9 Å². The molecule has 1 fully saturated rings. The maximum atomic E-state index is 13.7. The van der Waals surface area contributed by atoms with Crippen LogP contribution >= 0.6 is 23.2 Å². The van der Waals surface area contributed by atoms with Crippen LogP contribution < -0.4 is 21.5 Å². The van der Waals surface area contributed by atoms with Gasteiger partial charge in [0.25, 0.3) is 5.56 Å². The van der Waals surface area contributed by atoms with E-state index in [0.717, 1.165) is 33.3 Å². The van der Waals surface area contributed by atoms with Gasteiger partial charge in [0.2, 0.25) is 23.6 Å². The number of amides is 4. The zero-order valence-electron chi connectivity index (χ0n) is 45.4. The number of hydrogen-bond acceptors (Lipinski definition) is 14. The summed E-state index contributed by atoms with van der Waals surface area (Å²) in [5, 5.41) is 40.4. The van der Waals surface area contributed by atoms with Crippen molar-refractivity contribution < 1.29 is 43.6 Å². The van der Waals surface area contributed by atoms with Crippen LogP contribution in [0.3, 0.4) is 0 Å². The van der Waals surface area contributed by atoms with E-state index in [2.05, 4.69) is 36.1 Å². The Kier molecular flexibility index (Phi) is 19.7. The van der Waals surface area contributed by atoms with Crippen LogP contribution in [0.1, 0.15) is 54.5 Å². The number of nitrogens with one attached hydrogen (secondary N) is 4. The summed E-state index contributed by atoms with van der Waals surface area (Å²) in [5.41, 5.74) is 6.47. The van der Waals surface area contributed by atoms with Crippen molar-refractivity contribution in [3.05, 3.63) is 122 Å². The van der Waals surface area contributed by atoms with Gasteiger partial charge >= 0.3 is 0 Å². The lowest BCUT2D eigenvalue weighted by Gasteiger charge is -2.38. The number of carbonyl (C=O) groups is 4. The first-order valence-electron chi connectivity index (χ1n) is 27.2. The molecule has 6 heterocycles. The number of rotatable bonds is 26. The molecule has 430 valence electrons. The number of ether oxygens (including phenoxy) is 3. The van der Waals surface area contributed by atoms with Crippen LogP contribution in [0.5, 0.6) is 0 Å². The quantitative estimate of drug-likeness (QED) is 0.0420. The minimum Gasteiger partial charge on any atom is -0.388 e. The van der Waals surface area contributed by atoms with Crippen LogP contribution in [0.2, 0.25) is 10.0 Å². The third kappa shape index (κ3) is 14.5. The Labute approximate surface area is 477 Å². The highest BCUT2D eigenvalue weighted by atomic mass is 35.5. The van der Waals surface area contributed by atoms with Gasteiger partial charge in [0.1, 0.15) is 18.7 Å². The molecule has 2 aliphatic heterocycles. The summed E-state index contributed by atoms with van der Waals surface area (Å²) in [4.78, 5) is 75.7. The molecule has 4 aromatic heterocycles. The minimum atomic E-state index is -1.17. The Balaban J connectivity index is 0.605. The second-order valence-corrected chi connectivity index (χ2v) is 21.3. The van der Waals surface area contributed by atoms with Gasteiger partial charge in [-0.2, -0.15) is 10.2 Å². The standard InChI is InChI=1S/C57H68Cl2N12O10/c1-37(39-6-4-3-5-7-39)28-48(75)68-20-14-57(78,15-21-68)35-70-36-63-53-54(56(70)77)66-67(2)55(53)40-10-8-38(9-11-40)30-60-31-46(73)61-16-22-79-24-26-81-27-25-80-23-17-62-47(74)33-71-19-13-45(65-71)41-29-43(58)51(59)52-50(41)42-32-69(49(76)34-72)18-12-44(42)64-52/h3-11,13,19,29,36-37,60,64,72,78H,12,14-18,20-28,30-35H2,1-2H3,(H,61,73)(H,62,74)/t37-/m1/s1. The van der Waals surface area contributed by atoms with Crippen LogP contribution in [0.25, 0.3) is 44.5 Å².